The number of aromatic amines is 1. The van der Waals surface area contributed by atoms with Gasteiger partial charge in [-0.2, -0.15) is 5.21 Å². The Kier molecular flexibility index (Phi) is 2.53. The van der Waals surface area contributed by atoms with Crippen LogP contribution in [-0.4, -0.2) is 20.6 Å². The van der Waals surface area contributed by atoms with Crippen LogP contribution in [0.2, 0.25) is 0 Å². The van der Waals surface area contributed by atoms with Crippen molar-refractivity contribution < 1.29 is 13.5 Å². The number of ether oxygens (including phenoxy) is 1. The monoisotopic (exact) mass is 212 g/mol. The van der Waals surface area contributed by atoms with Gasteiger partial charge in [0.25, 0.3) is 0 Å². The molecule has 0 amide bonds. The topological polar surface area (TPSA) is 63.7 Å². The Morgan fingerprint density at radius 1 is 1.27 bits per heavy atom. The Hall–Kier alpha value is -2.05. The quantitative estimate of drug-likeness (QED) is 0.826. The lowest BCUT2D eigenvalue weighted by Gasteiger charge is -2.02. The molecular formula is C8H6F2N4O. The van der Waals surface area contributed by atoms with Crippen molar-refractivity contribution in [1.82, 2.24) is 20.6 Å². The summed E-state index contributed by atoms with van der Waals surface area (Å²) in [5.41, 5.74) is 0. The number of H-pyrrole nitrogens is 1. The fraction of sp³-hybridized carbons (Fsp3) is 0.125. The molecule has 0 aliphatic heterocycles. The van der Waals surface area contributed by atoms with Crippen LogP contribution in [0.1, 0.15) is 5.82 Å². The fourth-order valence-electron chi connectivity index (χ4n) is 0.958. The largest absolute Gasteiger partial charge is 0.485 e. The number of nitrogens with zero attached hydrogens (tertiary/aromatic N) is 3. The maximum Gasteiger partial charge on any atom is 0.211 e. The lowest BCUT2D eigenvalue weighted by Crippen LogP contribution is -1.98. The first-order valence-corrected chi connectivity index (χ1v) is 4.06. The number of halogens is 2. The normalized spacial score (nSPS) is 10.3. The van der Waals surface area contributed by atoms with Gasteiger partial charge in [-0.1, -0.05) is 5.21 Å². The molecule has 0 saturated heterocycles. The van der Waals surface area contributed by atoms with Crippen LogP contribution in [0.25, 0.3) is 0 Å². The van der Waals surface area contributed by atoms with Crippen LogP contribution in [0.15, 0.2) is 18.2 Å². The molecule has 0 aliphatic rings. The Labute approximate surface area is 83.1 Å². The molecule has 0 saturated carbocycles. The van der Waals surface area contributed by atoms with Gasteiger partial charge in [-0.25, -0.2) is 8.78 Å². The Balaban J connectivity index is 2.02. The molecule has 1 aromatic carbocycles. The lowest BCUT2D eigenvalue weighted by atomic mass is 10.3. The molecule has 0 aliphatic carbocycles. The second-order valence-electron chi connectivity index (χ2n) is 2.69. The van der Waals surface area contributed by atoms with Crippen LogP contribution >= 0.6 is 0 Å². The highest BCUT2D eigenvalue weighted by Crippen LogP contribution is 2.15. The summed E-state index contributed by atoms with van der Waals surface area (Å²) in [6.07, 6.45) is 0. The molecule has 1 aromatic heterocycles. The second-order valence-corrected chi connectivity index (χ2v) is 2.69. The van der Waals surface area contributed by atoms with Crippen LogP contribution in [0.3, 0.4) is 0 Å². The zero-order valence-corrected chi connectivity index (χ0v) is 7.44. The standard InChI is InChI=1S/C8H6F2N4O/c9-6-2-1-5(3-7(6)10)15-4-8-11-13-14-12-8/h1-3H,4H2,(H,11,12,13,14). The Bertz CT molecular complexity index is 446. The molecule has 2 rings (SSSR count). The number of tetrazole rings is 1. The van der Waals surface area contributed by atoms with E-state index >= 15 is 0 Å². The van der Waals surface area contributed by atoms with Crippen molar-refractivity contribution in [3.05, 3.63) is 35.7 Å². The highest BCUT2D eigenvalue weighted by molar-refractivity contribution is 5.23. The molecule has 7 heteroatoms. The Morgan fingerprint density at radius 3 is 2.80 bits per heavy atom. The van der Waals surface area contributed by atoms with Crippen LogP contribution < -0.4 is 4.74 Å². The molecule has 1 N–H and O–H groups in total. The van der Waals surface area contributed by atoms with E-state index in [1.54, 1.807) is 0 Å². The predicted molar refractivity (Wildman–Crippen MR) is 44.9 cm³/mol. The summed E-state index contributed by atoms with van der Waals surface area (Å²) >= 11 is 0. The molecule has 0 atom stereocenters. The number of hydrogen-bond donors (Lipinski definition) is 1. The fourth-order valence-corrected chi connectivity index (χ4v) is 0.958. The van der Waals surface area contributed by atoms with Gasteiger partial charge in [0.15, 0.2) is 18.2 Å². The molecule has 0 fully saturated rings. The molecule has 0 spiro atoms. The van der Waals surface area contributed by atoms with E-state index in [4.69, 9.17) is 4.74 Å². The zero-order valence-electron chi connectivity index (χ0n) is 7.44. The number of benzene rings is 1. The highest BCUT2D eigenvalue weighted by atomic mass is 19.2. The lowest BCUT2D eigenvalue weighted by molar-refractivity contribution is 0.293. The van der Waals surface area contributed by atoms with E-state index < -0.39 is 11.6 Å². The summed E-state index contributed by atoms with van der Waals surface area (Å²) in [6, 6.07) is 3.26. The van der Waals surface area contributed by atoms with Crippen LogP contribution in [0.5, 0.6) is 5.75 Å². The number of aromatic nitrogens is 4. The van der Waals surface area contributed by atoms with Crippen molar-refractivity contribution in [3.63, 3.8) is 0 Å². The zero-order chi connectivity index (χ0) is 10.7. The minimum atomic E-state index is -0.958. The van der Waals surface area contributed by atoms with Crippen LogP contribution in [0.4, 0.5) is 8.78 Å². The van der Waals surface area contributed by atoms with Gasteiger partial charge in [-0.05, 0) is 12.1 Å². The minimum absolute atomic E-state index is 0.0432. The molecule has 0 bridgehead atoms. The van der Waals surface area contributed by atoms with Gasteiger partial charge in [0.05, 0.1) is 0 Å². The van der Waals surface area contributed by atoms with E-state index in [1.807, 2.05) is 0 Å². The smallest absolute Gasteiger partial charge is 0.211 e. The van der Waals surface area contributed by atoms with Gasteiger partial charge in [-0.3, -0.25) is 0 Å². The summed E-state index contributed by atoms with van der Waals surface area (Å²) in [4.78, 5) is 0. The van der Waals surface area contributed by atoms with Gasteiger partial charge in [0.1, 0.15) is 5.75 Å². The van der Waals surface area contributed by atoms with Crippen molar-refractivity contribution in [3.8, 4) is 5.75 Å². The third-order valence-corrected chi connectivity index (χ3v) is 1.65. The summed E-state index contributed by atoms with van der Waals surface area (Å²) in [6.45, 7) is 0.0432. The maximum absolute atomic E-state index is 12.7. The number of hydrogen-bond acceptors (Lipinski definition) is 4. The first-order valence-electron chi connectivity index (χ1n) is 4.06. The first kappa shape index (κ1) is 9.50. The van der Waals surface area contributed by atoms with Gasteiger partial charge in [0.2, 0.25) is 5.82 Å². The van der Waals surface area contributed by atoms with E-state index in [0.29, 0.717) is 5.82 Å². The maximum atomic E-state index is 12.7. The molecule has 0 radical (unpaired) electrons. The average Bonchev–Trinajstić information content (AvgIpc) is 2.73. The van der Waals surface area contributed by atoms with Crippen molar-refractivity contribution in [2.45, 2.75) is 6.61 Å². The van der Waals surface area contributed by atoms with Gasteiger partial charge in [0, 0.05) is 6.07 Å². The molecule has 15 heavy (non-hydrogen) atoms. The SMILES string of the molecule is Fc1ccc(OCc2nn[nH]n2)cc1F. The van der Waals surface area contributed by atoms with Crippen LogP contribution in [-0.2, 0) is 6.61 Å². The summed E-state index contributed by atoms with van der Waals surface area (Å²) < 4.78 is 30.4. The molecule has 78 valence electrons. The van der Waals surface area contributed by atoms with E-state index in [1.165, 1.54) is 6.07 Å². The van der Waals surface area contributed by atoms with Gasteiger partial charge >= 0.3 is 0 Å². The summed E-state index contributed by atoms with van der Waals surface area (Å²) in [5.74, 6) is -1.33. The predicted octanol–water partition coefficient (Wildman–Crippen LogP) is 1.06. The van der Waals surface area contributed by atoms with Crippen molar-refractivity contribution in [2.24, 2.45) is 0 Å². The van der Waals surface area contributed by atoms with E-state index in [2.05, 4.69) is 20.6 Å². The van der Waals surface area contributed by atoms with Gasteiger partial charge in [-0.15, -0.1) is 10.2 Å². The van der Waals surface area contributed by atoms with Crippen molar-refractivity contribution in [2.75, 3.05) is 0 Å². The highest BCUT2D eigenvalue weighted by Gasteiger charge is 2.04. The summed E-state index contributed by atoms with van der Waals surface area (Å²) in [5, 5.41) is 12.8. The van der Waals surface area contributed by atoms with E-state index in [-0.39, 0.29) is 12.4 Å². The summed E-state index contributed by atoms with van der Waals surface area (Å²) in [7, 11) is 0. The minimum Gasteiger partial charge on any atom is -0.485 e. The Morgan fingerprint density at radius 2 is 2.13 bits per heavy atom. The second kappa shape index (κ2) is 3.99. The average molecular weight is 212 g/mol. The molecular weight excluding hydrogens is 206 g/mol. The molecule has 1 heterocycles. The number of nitrogens with one attached hydrogen (secondary N) is 1. The molecule has 5 nitrogen and oxygen atoms in total. The van der Waals surface area contributed by atoms with E-state index in [9.17, 15) is 8.78 Å². The first-order chi connectivity index (χ1) is 7.25. The van der Waals surface area contributed by atoms with E-state index in [0.717, 1.165) is 12.1 Å². The third kappa shape index (κ3) is 2.25. The van der Waals surface area contributed by atoms with Crippen molar-refractivity contribution in [1.29, 1.82) is 0 Å². The molecule has 2 aromatic rings. The van der Waals surface area contributed by atoms with Crippen molar-refractivity contribution >= 4 is 0 Å². The van der Waals surface area contributed by atoms with Crippen LogP contribution in [0, 0.1) is 11.6 Å². The third-order valence-electron chi connectivity index (χ3n) is 1.65. The molecule has 0 unspecified atom stereocenters. The van der Waals surface area contributed by atoms with Gasteiger partial charge < -0.3 is 4.74 Å². The number of rotatable bonds is 3.